The maximum atomic E-state index is 2.45. The SMILES string of the molecule is CC[Si](CC)(CC)CC[Si](CC)(CC)CC. The molecule has 0 radical (unpaired) electrons. The van der Waals surface area contributed by atoms with E-state index in [1.165, 1.54) is 36.3 Å². The van der Waals surface area contributed by atoms with Crippen LogP contribution < -0.4 is 0 Å². The summed E-state index contributed by atoms with van der Waals surface area (Å²) in [5, 5.41) is 0. The van der Waals surface area contributed by atoms with Crippen LogP contribution in [0.4, 0.5) is 0 Å². The zero-order valence-corrected chi connectivity index (χ0v) is 14.7. The van der Waals surface area contributed by atoms with Crippen molar-refractivity contribution in [1.29, 1.82) is 0 Å². The first kappa shape index (κ1) is 16.4. The Kier molecular flexibility index (Phi) is 7.91. The first-order valence-electron chi connectivity index (χ1n) is 7.57. The standard InChI is InChI=1S/C14H34Si2/c1-7-15(8-2,9-3)13-14-16(10-4,11-5)12-6/h7-14H2,1-6H3. The lowest BCUT2D eigenvalue weighted by Crippen LogP contribution is -2.38. The molecule has 0 bridgehead atoms. The third-order valence-corrected chi connectivity index (χ3v) is 17.8. The first-order valence-corrected chi connectivity index (χ1v) is 13.2. The first-order chi connectivity index (χ1) is 7.57. The van der Waals surface area contributed by atoms with Gasteiger partial charge in [-0.1, -0.05) is 89.9 Å². The third-order valence-electron chi connectivity index (χ3n) is 5.69. The van der Waals surface area contributed by atoms with Crippen molar-refractivity contribution in [3.63, 3.8) is 0 Å². The lowest BCUT2D eigenvalue weighted by atomic mass is 10.9. The fraction of sp³-hybridized carbons (Fsp3) is 1.00. The second kappa shape index (κ2) is 7.70. The molecule has 0 aromatic carbocycles. The molecule has 0 aromatic heterocycles. The molecule has 0 aromatic rings. The summed E-state index contributed by atoms with van der Waals surface area (Å²) in [6.45, 7) is 14.7. The molecule has 0 rings (SSSR count). The molecule has 0 aliphatic carbocycles. The molecule has 0 amide bonds. The van der Waals surface area contributed by atoms with E-state index < -0.39 is 16.1 Å². The molecule has 16 heavy (non-hydrogen) atoms. The summed E-state index contributed by atoms with van der Waals surface area (Å²) in [7, 11) is -1.68. The smallest absolute Gasteiger partial charge is 0.0524 e. The van der Waals surface area contributed by atoms with E-state index in [0.29, 0.717) is 0 Å². The average Bonchev–Trinajstić information content (AvgIpc) is 2.37. The van der Waals surface area contributed by atoms with Crippen molar-refractivity contribution in [2.24, 2.45) is 0 Å². The molecule has 0 aliphatic heterocycles. The summed E-state index contributed by atoms with van der Waals surface area (Å²) in [4.78, 5) is 0. The van der Waals surface area contributed by atoms with E-state index in [2.05, 4.69) is 41.5 Å². The minimum absolute atomic E-state index is 0.841. The van der Waals surface area contributed by atoms with Crippen LogP contribution in [0.15, 0.2) is 0 Å². The van der Waals surface area contributed by atoms with Gasteiger partial charge in [0, 0.05) is 0 Å². The van der Waals surface area contributed by atoms with Gasteiger partial charge in [-0.05, 0) is 0 Å². The summed E-state index contributed by atoms with van der Waals surface area (Å²) in [5.41, 5.74) is 0. The van der Waals surface area contributed by atoms with Gasteiger partial charge in [0.15, 0.2) is 0 Å². The van der Waals surface area contributed by atoms with Crippen molar-refractivity contribution in [2.45, 2.75) is 89.9 Å². The van der Waals surface area contributed by atoms with Crippen molar-refractivity contribution in [1.82, 2.24) is 0 Å². The molecule has 0 nitrogen and oxygen atoms in total. The molecular formula is C14H34Si2. The van der Waals surface area contributed by atoms with Crippen LogP contribution in [0.5, 0.6) is 0 Å². The van der Waals surface area contributed by atoms with Gasteiger partial charge in [0.25, 0.3) is 0 Å². The topological polar surface area (TPSA) is 0 Å². The summed E-state index contributed by atoms with van der Waals surface area (Å²) in [6, 6.07) is 12.4. The van der Waals surface area contributed by atoms with Crippen LogP contribution in [0.25, 0.3) is 0 Å². The Balaban J connectivity index is 4.48. The summed E-state index contributed by atoms with van der Waals surface area (Å²) in [6.07, 6.45) is 0. The highest BCUT2D eigenvalue weighted by molar-refractivity contribution is 6.84. The lowest BCUT2D eigenvalue weighted by Gasteiger charge is -2.35. The molecule has 2 heteroatoms. The quantitative estimate of drug-likeness (QED) is 0.445. The third kappa shape index (κ3) is 4.03. The van der Waals surface area contributed by atoms with E-state index in [1.807, 2.05) is 0 Å². The highest BCUT2D eigenvalue weighted by Crippen LogP contribution is 2.34. The van der Waals surface area contributed by atoms with Crippen LogP contribution in [0.2, 0.25) is 48.4 Å². The van der Waals surface area contributed by atoms with E-state index in [4.69, 9.17) is 0 Å². The van der Waals surface area contributed by atoms with Gasteiger partial charge in [0.1, 0.15) is 0 Å². The Hall–Kier alpha value is 0.434. The van der Waals surface area contributed by atoms with Gasteiger partial charge in [-0.15, -0.1) is 0 Å². The summed E-state index contributed by atoms with van der Waals surface area (Å²) >= 11 is 0. The van der Waals surface area contributed by atoms with Crippen molar-refractivity contribution >= 4 is 16.1 Å². The molecule has 0 fully saturated rings. The molecule has 98 valence electrons. The van der Waals surface area contributed by atoms with Gasteiger partial charge in [-0.25, -0.2) is 0 Å². The van der Waals surface area contributed by atoms with E-state index in [0.717, 1.165) is 0 Å². The molecule has 0 aliphatic rings. The number of hydrogen-bond donors (Lipinski definition) is 0. The Morgan fingerprint density at radius 1 is 0.438 bits per heavy atom. The fourth-order valence-corrected chi connectivity index (χ4v) is 12.5. The maximum Gasteiger partial charge on any atom is 0.0524 e. The molecule has 0 unspecified atom stereocenters. The molecule has 0 spiro atoms. The Morgan fingerprint density at radius 2 is 0.625 bits per heavy atom. The van der Waals surface area contributed by atoms with Crippen molar-refractivity contribution in [3.8, 4) is 0 Å². The molecular weight excluding hydrogens is 224 g/mol. The molecule has 0 N–H and O–H groups in total. The van der Waals surface area contributed by atoms with Gasteiger partial charge in [0.2, 0.25) is 0 Å². The number of hydrogen-bond acceptors (Lipinski definition) is 0. The summed E-state index contributed by atoms with van der Waals surface area (Å²) < 4.78 is 0. The monoisotopic (exact) mass is 258 g/mol. The van der Waals surface area contributed by atoms with Crippen LogP contribution in [-0.4, -0.2) is 16.1 Å². The zero-order valence-electron chi connectivity index (χ0n) is 12.7. The van der Waals surface area contributed by atoms with Gasteiger partial charge >= 0.3 is 0 Å². The minimum atomic E-state index is -0.841. The highest BCUT2D eigenvalue weighted by Gasteiger charge is 2.32. The molecule has 0 heterocycles. The number of rotatable bonds is 9. The highest BCUT2D eigenvalue weighted by atomic mass is 28.3. The second-order valence-corrected chi connectivity index (χ2v) is 16.9. The van der Waals surface area contributed by atoms with E-state index in [-0.39, 0.29) is 0 Å². The van der Waals surface area contributed by atoms with Crippen LogP contribution in [-0.2, 0) is 0 Å². The van der Waals surface area contributed by atoms with Crippen LogP contribution >= 0.6 is 0 Å². The predicted molar refractivity (Wildman–Crippen MR) is 84.0 cm³/mol. The van der Waals surface area contributed by atoms with Gasteiger partial charge in [-0.2, -0.15) is 0 Å². The molecule has 0 saturated heterocycles. The largest absolute Gasteiger partial charge is 0.0678 e. The van der Waals surface area contributed by atoms with Crippen LogP contribution in [0.3, 0.4) is 0 Å². The molecule has 0 atom stereocenters. The Labute approximate surface area is 106 Å². The minimum Gasteiger partial charge on any atom is -0.0678 e. The Bertz CT molecular complexity index is 133. The fourth-order valence-electron chi connectivity index (χ4n) is 3.09. The zero-order chi connectivity index (χ0) is 12.7. The molecule has 0 saturated carbocycles. The maximum absolute atomic E-state index is 2.45. The normalized spacial score (nSPS) is 13.1. The second-order valence-electron chi connectivity index (χ2n) is 5.62. The lowest BCUT2D eigenvalue weighted by molar-refractivity contribution is 1.05. The van der Waals surface area contributed by atoms with Gasteiger partial charge in [0.05, 0.1) is 16.1 Å². The average molecular weight is 259 g/mol. The van der Waals surface area contributed by atoms with Crippen LogP contribution in [0.1, 0.15) is 41.5 Å². The summed E-state index contributed by atoms with van der Waals surface area (Å²) in [5.74, 6) is 0. The van der Waals surface area contributed by atoms with Crippen molar-refractivity contribution in [2.75, 3.05) is 0 Å². The van der Waals surface area contributed by atoms with Crippen molar-refractivity contribution < 1.29 is 0 Å². The van der Waals surface area contributed by atoms with E-state index in [9.17, 15) is 0 Å². The van der Waals surface area contributed by atoms with Crippen LogP contribution in [0, 0.1) is 0 Å². The predicted octanol–water partition coefficient (Wildman–Crippen LogP) is 6.00. The Morgan fingerprint density at radius 3 is 0.750 bits per heavy atom. The van der Waals surface area contributed by atoms with E-state index in [1.54, 1.807) is 12.1 Å². The van der Waals surface area contributed by atoms with E-state index >= 15 is 0 Å². The van der Waals surface area contributed by atoms with Gasteiger partial charge in [-0.3, -0.25) is 0 Å². The van der Waals surface area contributed by atoms with Gasteiger partial charge < -0.3 is 0 Å². The van der Waals surface area contributed by atoms with Crippen molar-refractivity contribution in [3.05, 3.63) is 0 Å².